The molecule has 3 aromatic rings. The van der Waals surface area contributed by atoms with E-state index in [9.17, 15) is 0 Å². The van der Waals surface area contributed by atoms with Crippen LogP contribution in [0.2, 0.25) is 0 Å². The number of benzene rings is 3. The van der Waals surface area contributed by atoms with Gasteiger partial charge in [-0.15, -0.1) is 0 Å². The number of hydrogen-bond acceptors (Lipinski definition) is 4. The van der Waals surface area contributed by atoms with Crippen molar-refractivity contribution in [3.05, 3.63) is 90.5 Å². The molecule has 0 aliphatic rings. The summed E-state index contributed by atoms with van der Waals surface area (Å²) in [7, 11) is 0. The first-order valence-electron chi connectivity index (χ1n) is 7.49. The second-order valence-electron chi connectivity index (χ2n) is 5.16. The third-order valence-corrected chi connectivity index (χ3v) is 5.10. The molecule has 3 aromatic carbocycles. The van der Waals surface area contributed by atoms with Gasteiger partial charge in [0.15, 0.2) is 0 Å². The first-order chi connectivity index (χ1) is 11.6. The van der Waals surface area contributed by atoms with Crippen molar-refractivity contribution in [2.45, 2.75) is 6.92 Å². The van der Waals surface area contributed by atoms with Gasteiger partial charge in [-0.2, -0.15) is 0 Å². The van der Waals surface area contributed by atoms with Gasteiger partial charge in [-0.3, -0.25) is 0 Å². The molecule has 0 amide bonds. The fourth-order valence-corrected chi connectivity index (χ4v) is 4.10. The van der Waals surface area contributed by atoms with Gasteiger partial charge in [0.2, 0.25) is 0 Å². The maximum absolute atomic E-state index is 5.97. The predicted octanol–water partition coefficient (Wildman–Crippen LogP) is 5.76. The van der Waals surface area contributed by atoms with Crippen molar-refractivity contribution in [2.24, 2.45) is 0 Å². The van der Waals surface area contributed by atoms with Crippen LogP contribution in [-0.4, -0.2) is 0 Å². The van der Waals surface area contributed by atoms with Crippen LogP contribution >= 0.6 is 6.72 Å². The van der Waals surface area contributed by atoms with Crippen LogP contribution in [-0.2, 0) is 11.8 Å². The highest BCUT2D eigenvalue weighted by Gasteiger charge is 2.26. The van der Waals surface area contributed by atoms with Gasteiger partial charge in [0, 0.05) is 11.8 Å². The lowest BCUT2D eigenvalue weighted by atomic mass is 10.2. The minimum Gasteiger partial charge on any atom is -0.407 e. The molecule has 0 aliphatic carbocycles. The third-order valence-electron chi connectivity index (χ3n) is 3.13. The van der Waals surface area contributed by atoms with Crippen molar-refractivity contribution in [3.8, 4) is 17.2 Å². The van der Waals surface area contributed by atoms with Gasteiger partial charge in [-0.25, -0.2) is 0 Å². The summed E-state index contributed by atoms with van der Waals surface area (Å²) in [4.78, 5) is 0. The van der Waals surface area contributed by atoms with E-state index in [1.54, 1.807) is 0 Å². The van der Waals surface area contributed by atoms with E-state index in [4.69, 9.17) is 25.4 Å². The van der Waals surface area contributed by atoms with E-state index < -0.39 is 6.72 Å². The summed E-state index contributed by atoms with van der Waals surface area (Å²) < 4.78 is 17.8. The van der Waals surface area contributed by atoms with Crippen LogP contribution in [0.4, 0.5) is 0 Å². The quantitative estimate of drug-likeness (QED) is 0.525. The van der Waals surface area contributed by atoms with Crippen molar-refractivity contribution >= 4 is 18.5 Å². The minimum atomic E-state index is -3.07. The lowest BCUT2D eigenvalue weighted by Gasteiger charge is -2.23. The molecule has 0 N–H and O–H groups in total. The van der Waals surface area contributed by atoms with Crippen LogP contribution in [0, 0.1) is 6.92 Å². The molecule has 0 atom stereocenters. The molecule has 0 heterocycles. The minimum absolute atomic E-state index is 0.615. The highest BCUT2D eigenvalue weighted by Crippen LogP contribution is 2.50. The Morgan fingerprint density at radius 2 is 1.08 bits per heavy atom. The van der Waals surface area contributed by atoms with Gasteiger partial charge in [0.05, 0.1) is 0 Å². The Balaban J connectivity index is 1.89. The van der Waals surface area contributed by atoms with Crippen LogP contribution < -0.4 is 13.6 Å². The van der Waals surface area contributed by atoms with Gasteiger partial charge in [-0.05, 0) is 48.9 Å². The van der Waals surface area contributed by atoms with Gasteiger partial charge >= 0.3 is 6.72 Å². The van der Waals surface area contributed by atoms with Crippen molar-refractivity contribution in [2.75, 3.05) is 0 Å². The van der Waals surface area contributed by atoms with Crippen molar-refractivity contribution in [1.82, 2.24) is 0 Å². The maximum Gasteiger partial charge on any atom is 0.490 e. The molecule has 0 unspecified atom stereocenters. The number of para-hydroxylation sites is 2. The average molecular weight is 356 g/mol. The van der Waals surface area contributed by atoms with Crippen LogP contribution in [0.15, 0.2) is 84.9 Å². The van der Waals surface area contributed by atoms with E-state index in [-0.39, 0.29) is 0 Å². The standard InChI is InChI=1S/C19H17O3PS/c1-16-9-8-14-19(15-16)22-23(24,20-17-10-4-2-5-11-17)21-18-12-6-3-7-13-18/h2-15H,1H3. The topological polar surface area (TPSA) is 27.7 Å². The Bertz CT molecular complexity index is 792. The lowest BCUT2D eigenvalue weighted by Crippen LogP contribution is -2.07. The lowest BCUT2D eigenvalue weighted by molar-refractivity contribution is 0.384. The zero-order valence-electron chi connectivity index (χ0n) is 13.2. The van der Waals surface area contributed by atoms with Crippen LogP contribution in [0.3, 0.4) is 0 Å². The Morgan fingerprint density at radius 1 is 0.625 bits per heavy atom. The molecule has 0 bridgehead atoms. The van der Waals surface area contributed by atoms with Crippen LogP contribution in [0.25, 0.3) is 0 Å². The summed E-state index contributed by atoms with van der Waals surface area (Å²) in [5.41, 5.74) is 1.08. The largest absolute Gasteiger partial charge is 0.490 e. The highest BCUT2D eigenvalue weighted by molar-refractivity contribution is 8.08. The smallest absolute Gasteiger partial charge is 0.407 e. The summed E-state index contributed by atoms with van der Waals surface area (Å²) in [6.07, 6.45) is 0. The average Bonchev–Trinajstić information content (AvgIpc) is 2.56. The van der Waals surface area contributed by atoms with Crippen molar-refractivity contribution in [1.29, 1.82) is 0 Å². The fourth-order valence-electron chi connectivity index (χ4n) is 2.08. The SMILES string of the molecule is Cc1cccc(OP(=S)(Oc2ccccc2)Oc2ccccc2)c1. The molecule has 3 rings (SSSR count). The number of hydrogen-bond donors (Lipinski definition) is 0. The van der Waals surface area contributed by atoms with E-state index in [0.717, 1.165) is 5.56 Å². The number of rotatable bonds is 6. The van der Waals surface area contributed by atoms with Crippen LogP contribution in [0.5, 0.6) is 17.2 Å². The zero-order chi connectivity index (χ0) is 16.8. The second kappa shape index (κ2) is 7.52. The van der Waals surface area contributed by atoms with E-state index >= 15 is 0 Å². The predicted molar refractivity (Wildman–Crippen MR) is 100 cm³/mol. The Hall–Kier alpha value is -2.29. The Labute approximate surface area is 147 Å². The van der Waals surface area contributed by atoms with Crippen molar-refractivity contribution < 1.29 is 13.6 Å². The summed E-state index contributed by atoms with van der Waals surface area (Å²) in [6, 6.07) is 26.3. The molecule has 0 spiro atoms. The molecular formula is C19H17O3PS. The molecule has 0 saturated carbocycles. The van der Waals surface area contributed by atoms with Gasteiger partial charge in [-0.1, -0.05) is 48.5 Å². The highest BCUT2D eigenvalue weighted by atomic mass is 32.5. The van der Waals surface area contributed by atoms with E-state index in [2.05, 4.69) is 0 Å². The second-order valence-corrected chi connectivity index (χ2v) is 7.95. The van der Waals surface area contributed by atoms with E-state index in [0.29, 0.717) is 17.2 Å². The molecule has 0 saturated heterocycles. The molecule has 122 valence electrons. The summed E-state index contributed by atoms with van der Waals surface area (Å²) in [5, 5.41) is 0. The molecular weight excluding hydrogens is 339 g/mol. The van der Waals surface area contributed by atoms with Gasteiger partial charge in [0.1, 0.15) is 17.2 Å². The first-order valence-corrected chi connectivity index (χ1v) is 10.0. The van der Waals surface area contributed by atoms with E-state index in [1.165, 1.54) is 0 Å². The monoisotopic (exact) mass is 356 g/mol. The van der Waals surface area contributed by atoms with E-state index in [1.807, 2.05) is 91.9 Å². The Morgan fingerprint density at radius 3 is 1.58 bits per heavy atom. The van der Waals surface area contributed by atoms with Crippen molar-refractivity contribution in [3.63, 3.8) is 0 Å². The third kappa shape index (κ3) is 4.60. The molecule has 0 aromatic heterocycles. The maximum atomic E-state index is 5.97. The zero-order valence-corrected chi connectivity index (χ0v) is 14.9. The molecule has 5 heteroatoms. The fraction of sp³-hybridized carbons (Fsp3) is 0.0526. The number of aryl methyl sites for hydroxylation is 1. The molecule has 0 aliphatic heterocycles. The molecule has 0 radical (unpaired) electrons. The molecule has 0 fully saturated rings. The summed E-state index contributed by atoms with van der Waals surface area (Å²) >= 11 is 5.64. The first kappa shape index (κ1) is 16.6. The molecule has 24 heavy (non-hydrogen) atoms. The van der Waals surface area contributed by atoms with Gasteiger partial charge in [0.25, 0.3) is 0 Å². The van der Waals surface area contributed by atoms with Gasteiger partial charge < -0.3 is 13.6 Å². The normalized spacial score (nSPS) is 10.9. The summed E-state index contributed by atoms with van der Waals surface area (Å²) in [5.74, 6) is 1.86. The van der Waals surface area contributed by atoms with Crippen LogP contribution in [0.1, 0.15) is 5.56 Å². The summed E-state index contributed by atoms with van der Waals surface area (Å²) in [6.45, 7) is -1.08. The Kier molecular flexibility index (Phi) is 5.19. The molecule has 3 nitrogen and oxygen atoms in total.